The van der Waals surface area contributed by atoms with Gasteiger partial charge in [-0.05, 0) is 30.7 Å². The number of sulfonamides is 1. The van der Waals surface area contributed by atoms with Gasteiger partial charge in [0.2, 0.25) is 15.9 Å². The molecule has 0 aliphatic heterocycles. The van der Waals surface area contributed by atoms with E-state index in [1.807, 2.05) is 6.92 Å². The molecule has 5 nitrogen and oxygen atoms in total. The number of hydrogen-bond acceptors (Lipinski definition) is 3. The normalized spacial score (nSPS) is 12.0. The molecule has 0 aliphatic carbocycles. The van der Waals surface area contributed by atoms with E-state index < -0.39 is 34.2 Å². The molecule has 124 valence electrons. The predicted octanol–water partition coefficient (Wildman–Crippen LogP) is 2.00. The minimum Gasteiger partial charge on any atom is -0.355 e. The van der Waals surface area contributed by atoms with Gasteiger partial charge in [0.1, 0.15) is 6.54 Å². The molecule has 0 aliphatic rings. The largest absolute Gasteiger partial charge is 0.416 e. The van der Waals surface area contributed by atoms with E-state index in [2.05, 4.69) is 5.32 Å². The lowest BCUT2D eigenvalue weighted by molar-refractivity contribution is -0.137. The first-order valence-electron chi connectivity index (χ1n) is 6.47. The van der Waals surface area contributed by atoms with E-state index in [0.717, 1.165) is 34.8 Å². The summed E-state index contributed by atoms with van der Waals surface area (Å²) in [6, 6.07) is 3.60. The van der Waals surface area contributed by atoms with Crippen molar-refractivity contribution >= 4 is 21.6 Å². The molecule has 1 N–H and O–H groups in total. The van der Waals surface area contributed by atoms with Crippen molar-refractivity contribution in [3.05, 3.63) is 29.8 Å². The van der Waals surface area contributed by atoms with Crippen molar-refractivity contribution in [2.45, 2.75) is 19.5 Å². The van der Waals surface area contributed by atoms with Gasteiger partial charge in [-0.25, -0.2) is 8.42 Å². The minimum atomic E-state index is -4.51. The fraction of sp³-hybridized carbons (Fsp3) is 0.462. The van der Waals surface area contributed by atoms with Crippen molar-refractivity contribution < 1.29 is 26.4 Å². The Morgan fingerprint density at radius 2 is 1.77 bits per heavy atom. The molecule has 0 atom stereocenters. The highest BCUT2D eigenvalue weighted by Gasteiger charge is 2.30. The van der Waals surface area contributed by atoms with Crippen LogP contribution >= 0.6 is 0 Å². The molecule has 1 aromatic carbocycles. The molecule has 0 unspecified atom stereocenters. The molecule has 0 saturated heterocycles. The average molecular weight is 338 g/mol. The molecule has 1 rings (SSSR count). The lowest BCUT2D eigenvalue weighted by Gasteiger charge is -2.22. The molecule has 0 fully saturated rings. The molecule has 1 amide bonds. The second kappa shape index (κ2) is 6.99. The highest BCUT2D eigenvalue weighted by Crippen LogP contribution is 2.30. The number of nitrogens with one attached hydrogen (secondary N) is 1. The summed E-state index contributed by atoms with van der Waals surface area (Å²) in [5.74, 6) is -0.521. The molecule has 0 saturated carbocycles. The number of benzene rings is 1. The summed E-state index contributed by atoms with van der Waals surface area (Å²) >= 11 is 0. The molecule has 0 radical (unpaired) electrons. The van der Waals surface area contributed by atoms with Gasteiger partial charge in [-0.3, -0.25) is 9.10 Å². The maximum absolute atomic E-state index is 12.5. The first kappa shape index (κ1) is 18.3. The Morgan fingerprint density at radius 3 is 2.18 bits per heavy atom. The fourth-order valence-corrected chi connectivity index (χ4v) is 2.52. The van der Waals surface area contributed by atoms with Crippen LogP contribution in [-0.4, -0.2) is 33.7 Å². The summed E-state index contributed by atoms with van der Waals surface area (Å²) in [4.78, 5) is 11.7. The maximum Gasteiger partial charge on any atom is 0.416 e. The maximum atomic E-state index is 12.5. The van der Waals surface area contributed by atoms with Crippen molar-refractivity contribution in [3.63, 3.8) is 0 Å². The highest BCUT2D eigenvalue weighted by molar-refractivity contribution is 7.92. The lowest BCUT2D eigenvalue weighted by Crippen LogP contribution is -2.40. The zero-order chi connectivity index (χ0) is 17.0. The van der Waals surface area contributed by atoms with Crippen LogP contribution in [0, 0.1) is 0 Å². The van der Waals surface area contributed by atoms with Gasteiger partial charge >= 0.3 is 6.18 Å². The molecule has 0 bridgehead atoms. The van der Waals surface area contributed by atoms with Gasteiger partial charge in [0.05, 0.1) is 17.5 Å². The number of hydrogen-bond donors (Lipinski definition) is 1. The van der Waals surface area contributed by atoms with Gasteiger partial charge in [-0.15, -0.1) is 0 Å². The van der Waals surface area contributed by atoms with E-state index in [0.29, 0.717) is 13.0 Å². The third-order valence-corrected chi connectivity index (χ3v) is 3.88. The van der Waals surface area contributed by atoms with Crippen LogP contribution in [0.2, 0.25) is 0 Å². The Kier molecular flexibility index (Phi) is 5.81. The summed E-state index contributed by atoms with van der Waals surface area (Å²) in [7, 11) is -3.80. The number of carbonyl (C=O) groups is 1. The monoisotopic (exact) mass is 338 g/mol. The summed E-state index contributed by atoms with van der Waals surface area (Å²) in [6.07, 6.45) is -2.93. The van der Waals surface area contributed by atoms with Crippen LogP contribution in [0.1, 0.15) is 18.9 Å². The Morgan fingerprint density at radius 1 is 1.23 bits per heavy atom. The minimum absolute atomic E-state index is 0.00199. The number of nitrogens with zero attached hydrogens (tertiary/aromatic N) is 1. The lowest BCUT2D eigenvalue weighted by atomic mass is 10.2. The van der Waals surface area contributed by atoms with Crippen molar-refractivity contribution in [2.75, 3.05) is 23.7 Å². The average Bonchev–Trinajstić information content (AvgIpc) is 2.40. The van der Waals surface area contributed by atoms with Crippen LogP contribution in [0.3, 0.4) is 0 Å². The number of halogens is 3. The van der Waals surface area contributed by atoms with Crippen molar-refractivity contribution in [1.82, 2.24) is 5.32 Å². The Labute approximate surface area is 127 Å². The zero-order valence-electron chi connectivity index (χ0n) is 12.1. The summed E-state index contributed by atoms with van der Waals surface area (Å²) in [5.41, 5.74) is -0.887. The number of anilines is 1. The van der Waals surface area contributed by atoms with Gasteiger partial charge in [0.15, 0.2) is 0 Å². The van der Waals surface area contributed by atoms with Crippen molar-refractivity contribution in [2.24, 2.45) is 0 Å². The molecular weight excluding hydrogens is 321 g/mol. The third-order valence-electron chi connectivity index (χ3n) is 2.74. The van der Waals surface area contributed by atoms with Crippen LogP contribution in [0.4, 0.5) is 18.9 Å². The van der Waals surface area contributed by atoms with Crippen molar-refractivity contribution in [1.29, 1.82) is 0 Å². The molecule has 0 heterocycles. The highest BCUT2D eigenvalue weighted by atomic mass is 32.2. The number of alkyl halides is 3. The zero-order valence-corrected chi connectivity index (χ0v) is 13.0. The summed E-state index contributed by atoms with van der Waals surface area (Å²) in [5, 5.41) is 2.52. The van der Waals surface area contributed by atoms with Crippen molar-refractivity contribution in [3.8, 4) is 0 Å². The number of rotatable bonds is 6. The van der Waals surface area contributed by atoms with Gasteiger partial charge in [-0.2, -0.15) is 13.2 Å². The van der Waals surface area contributed by atoms with Gasteiger partial charge in [0, 0.05) is 6.54 Å². The Balaban J connectivity index is 3.01. The van der Waals surface area contributed by atoms with Crippen LogP contribution in [0.25, 0.3) is 0 Å². The van der Waals surface area contributed by atoms with Crippen LogP contribution < -0.4 is 9.62 Å². The van der Waals surface area contributed by atoms with E-state index in [9.17, 15) is 26.4 Å². The first-order chi connectivity index (χ1) is 10.1. The molecule has 1 aromatic rings. The quantitative estimate of drug-likeness (QED) is 0.863. The third kappa shape index (κ3) is 5.21. The van der Waals surface area contributed by atoms with Gasteiger partial charge in [-0.1, -0.05) is 6.92 Å². The standard InChI is InChI=1S/C13H17F3N2O3S/c1-3-8-17-12(19)9-18(22(2,20)21)11-6-4-10(5-7-11)13(14,15)16/h4-7H,3,8-9H2,1-2H3,(H,17,19). The van der Waals surface area contributed by atoms with Gasteiger partial charge in [0.25, 0.3) is 0 Å². The van der Waals surface area contributed by atoms with Crippen LogP contribution in [-0.2, 0) is 21.0 Å². The SMILES string of the molecule is CCCNC(=O)CN(c1ccc(C(F)(F)F)cc1)S(C)(=O)=O. The molecule has 0 spiro atoms. The van der Waals surface area contributed by atoms with E-state index in [1.54, 1.807) is 0 Å². The molecule has 9 heteroatoms. The smallest absolute Gasteiger partial charge is 0.355 e. The first-order valence-corrected chi connectivity index (χ1v) is 8.32. The molecule has 0 aromatic heterocycles. The second-order valence-corrected chi connectivity index (χ2v) is 6.57. The summed E-state index contributed by atoms with van der Waals surface area (Å²) < 4.78 is 61.8. The van der Waals surface area contributed by atoms with E-state index in [4.69, 9.17) is 0 Å². The van der Waals surface area contributed by atoms with Gasteiger partial charge < -0.3 is 5.32 Å². The topological polar surface area (TPSA) is 66.5 Å². The Bertz CT molecular complexity index is 612. The van der Waals surface area contributed by atoms with E-state index in [-0.39, 0.29) is 5.69 Å². The predicted molar refractivity (Wildman–Crippen MR) is 76.9 cm³/mol. The van der Waals surface area contributed by atoms with E-state index >= 15 is 0 Å². The fourth-order valence-electron chi connectivity index (χ4n) is 1.67. The molecule has 22 heavy (non-hydrogen) atoms. The van der Waals surface area contributed by atoms with Crippen LogP contribution in [0.15, 0.2) is 24.3 Å². The van der Waals surface area contributed by atoms with E-state index in [1.165, 1.54) is 0 Å². The molecular formula is C13H17F3N2O3S. The number of carbonyl (C=O) groups excluding carboxylic acids is 1. The van der Waals surface area contributed by atoms with Crippen LogP contribution in [0.5, 0.6) is 0 Å². The Hall–Kier alpha value is -1.77. The number of amides is 1. The summed E-state index contributed by atoms with van der Waals surface area (Å²) in [6.45, 7) is 1.75. The second-order valence-electron chi connectivity index (χ2n) is 4.66.